The van der Waals surface area contributed by atoms with E-state index in [9.17, 15) is 4.79 Å². The molecule has 0 aromatic carbocycles. The molecule has 2 nitrogen and oxygen atoms in total. The highest BCUT2D eigenvalue weighted by Gasteiger charge is 2.23. The molecular weight excluding hydrogens is 335 g/mol. The van der Waals surface area contributed by atoms with Gasteiger partial charge in [-0.25, -0.2) is 4.79 Å². The summed E-state index contributed by atoms with van der Waals surface area (Å²) in [5, 5.41) is 0. The summed E-state index contributed by atoms with van der Waals surface area (Å²) < 4.78 is 6.18. The Morgan fingerprint density at radius 1 is 1.75 bits per heavy atom. The zero-order chi connectivity index (χ0) is 9.14. The maximum Gasteiger partial charge on any atom is 0.397 e. The van der Waals surface area contributed by atoms with Gasteiger partial charge in [-0.05, 0) is 0 Å². The van der Waals surface area contributed by atoms with Crippen LogP contribution in [-0.4, -0.2) is 13.1 Å². The van der Waals surface area contributed by atoms with Gasteiger partial charge in [0.25, 0.3) is 0 Å². The van der Waals surface area contributed by atoms with Gasteiger partial charge in [-0.3, -0.25) is 0 Å². The lowest BCUT2D eigenvalue weighted by atomic mass is 10.1. The summed E-state index contributed by atoms with van der Waals surface area (Å²) in [4.78, 5) is 11.1. The third-order valence-corrected chi connectivity index (χ3v) is 2.61. The van der Waals surface area contributed by atoms with Crippen LogP contribution in [0.5, 0.6) is 0 Å². The van der Waals surface area contributed by atoms with Crippen molar-refractivity contribution in [3.63, 3.8) is 0 Å². The fourth-order valence-corrected chi connectivity index (χ4v) is 1.59. The van der Waals surface area contributed by atoms with Gasteiger partial charge in [0, 0.05) is 38.5 Å². The minimum atomic E-state index is -0.336. The first kappa shape index (κ1) is 9.89. The van der Waals surface area contributed by atoms with Crippen molar-refractivity contribution >= 4 is 44.5 Å². The molecule has 4 heteroatoms. The zero-order valence-electron chi connectivity index (χ0n) is 6.23. The van der Waals surface area contributed by atoms with Gasteiger partial charge in [0.2, 0.25) is 0 Å². The maximum absolute atomic E-state index is 11.1. The Bertz CT molecular complexity index is 302. The van der Waals surface area contributed by atoms with Crippen LogP contribution in [0.3, 0.4) is 0 Å². The molecule has 0 aromatic heterocycles. The maximum atomic E-state index is 11.1. The van der Waals surface area contributed by atoms with E-state index in [2.05, 4.69) is 26.7 Å². The van der Waals surface area contributed by atoms with Crippen LogP contribution in [0.15, 0.2) is 25.8 Å². The fraction of sp³-hybridized carbons (Fsp3) is 0.125. The van der Waals surface area contributed by atoms with Crippen LogP contribution in [0.1, 0.15) is 0 Å². The van der Waals surface area contributed by atoms with E-state index in [0.29, 0.717) is 5.57 Å². The number of carbonyl (C=O) groups excluding carboxylic acids is 1. The second-order valence-corrected chi connectivity index (χ2v) is 4.03. The largest absolute Gasteiger partial charge is 0.455 e. The Kier molecular flexibility index (Phi) is 3.43. The molecule has 0 atom stereocenters. The molecular formula is C8H5BrIO2+. The molecule has 1 rings (SSSR count). The number of methoxy groups -OCH3 is 1. The Labute approximate surface area is 92.6 Å². The number of hydrogen-bond acceptors (Lipinski definition) is 2. The average molecular weight is 340 g/mol. The first-order valence-electron chi connectivity index (χ1n) is 3.10. The third-order valence-electron chi connectivity index (χ3n) is 1.26. The summed E-state index contributed by atoms with van der Waals surface area (Å²) in [7, 11) is 1.36. The Balaban J connectivity index is 3.03. The number of ether oxygens (including phenoxy) is 1. The summed E-state index contributed by atoms with van der Waals surface area (Å²) in [5.74, 6) is -0.336. The molecule has 0 saturated carbocycles. The topological polar surface area (TPSA) is 26.3 Å². The summed E-state index contributed by atoms with van der Waals surface area (Å²) >= 11 is 5.29. The SMILES string of the molecule is COC(=O)C1=C(I)[C+]=CC(Br)=C1. The zero-order valence-corrected chi connectivity index (χ0v) is 9.97. The van der Waals surface area contributed by atoms with Crippen LogP contribution in [0.25, 0.3) is 0 Å². The Hall–Kier alpha value is -0.190. The Morgan fingerprint density at radius 3 is 3.00 bits per heavy atom. The van der Waals surface area contributed by atoms with Gasteiger partial charge in [0.15, 0.2) is 9.15 Å². The van der Waals surface area contributed by atoms with E-state index < -0.39 is 0 Å². The van der Waals surface area contributed by atoms with Gasteiger partial charge in [0.05, 0.1) is 19.3 Å². The van der Waals surface area contributed by atoms with Gasteiger partial charge >= 0.3 is 5.97 Å². The highest BCUT2D eigenvalue weighted by Crippen LogP contribution is 2.25. The van der Waals surface area contributed by atoms with Crippen LogP contribution in [-0.2, 0) is 9.53 Å². The third kappa shape index (κ3) is 2.15. The van der Waals surface area contributed by atoms with Crippen molar-refractivity contribution < 1.29 is 9.53 Å². The van der Waals surface area contributed by atoms with E-state index in [1.54, 1.807) is 12.2 Å². The van der Waals surface area contributed by atoms with Gasteiger partial charge in [-0.2, -0.15) is 0 Å². The molecule has 0 aliphatic heterocycles. The lowest BCUT2D eigenvalue weighted by molar-refractivity contribution is -0.135. The number of rotatable bonds is 1. The smallest absolute Gasteiger partial charge is 0.397 e. The molecule has 0 heterocycles. The van der Waals surface area contributed by atoms with Gasteiger partial charge in [-0.1, -0.05) is 0 Å². The van der Waals surface area contributed by atoms with E-state index in [1.165, 1.54) is 7.11 Å². The second-order valence-electron chi connectivity index (χ2n) is 2.04. The molecule has 62 valence electrons. The van der Waals surface area contributed by atoms with Crippen molar-refractivity contribution in [1.82, 2.24) is 0 Å². The van der Waals surface area contributed by atoms with Crippen LogP contribution >= 0.6 is 38.5 Å². The molecule has 12 heavy (non-hydrogen) atoms. The van der Waals surface area contributed by atoms with Crippen molar-refractivity contribution in [1.29, 1.82) is 0 Å². The van der Waals surface area contributed by atoms with E-state index in [4.69, 9.17) is 0 Å². The van der Waals surface area contributed by atoms with Crippen LogP contribution in [0, 0.1) is 6.08 Å². The lowest BCUT2D eigenvalue weighted by Crippen LogP contribution is -2.05. The van der Waals surface area contributed by atoms with E-state index >= 15 is 0 Å². The molecule has 0 N–H and O–H groups in total. The predicted octanol–water partition coefficient (Wildman–Crippen LogP) is 2.50. The summed E-state index contributed by atoms with van der Waals surface area (Å²) in [6, 6.07) is 0. The van der Waals surface area contributed by atoms with Crippen molar-refractivity contribution in [2.75, 3.05) is 7.11 Å². The number of halogens is 2. The molecule has 0 fully saturated rings. The molecule has 1 aliphatic carbocycles. The normalized spacial score (nSPS) is 15.4. The van der Waals surface area contributed by atoms with Gasteiger partial charge in [0.1, 0.15) is 10.6 Å². The molecule has 0 spiro atoms. The first-order chi connectivity index (χ1) is 5.65. The quantitative estimate of drug-likeness (QED) is 0.417. The summed E-state index contributed by atoms with van der Waals surface area (Å²) in [5.41, 5.74) is 0.535. The molecule has 0 saturated heterocycles. The Morgan fingerprint density at radius 2 is 2.42 bits per heavy atom. The second kappa shape index (κ2) is 4.16. The highest BCUT2D eigenvalue weighted by atomic mass is 127. The molecule has 0 unspecified atom stereocenters. The number of carbonyl (C=O) groups is 1. The minimum absolute atomic E-state index is 0.336. The molecule has 0 aromatic rings. The lowest BCUT2D eigenvalue weighted by Gasteiger charge is -1.96. The minimum Gasteiger partial charge on any atom is -0.455 e. The van der Waals surface area contributed by atoms with Crippen LogP contribution in [0.4, 0.5) is 0 Å². The monoisotopic (exact) mass is 339 g/mol. The summed E-state index contributed by atoms with van der Waals surface area (Å²) in [6.07, 6.45) is 6.39. The molecule has 1 aliphatic rings. The van der Waals surface area contributed by atoms with Crippen molar-refractivity contribution in [3.05, 3.63) is 31.9 Å². The van der Waals surface area contributed by atoms with Gasteiger partial charge in [-0.15, -0.1) is 0 Å². The van der Waals surface area contributed by atoms with E-state index in [0.717, 1.165) is 8.06 Å². The number of esters is 1. The average Bonchev–Trinajstić information content (AvgIpc) is 2.08. The van der Waals surface area contributed by atoms with Crippen LogP contribution < -0.4 is 0 Å². The molecule has 0 amide bonds. The van der Waals surface area contributed by atoms with Crippen molar-refractivity contribution in [2.45, 2.75) is 0 Å². The van der Waals surface area contributed by atoms with Crippen LogP contribution in [0.2, 0.25) is 0 Å². The van der Waals surface area contributed by atoms with Crippen molar-refractivity contribution in [3.8, 4) is 0 Å². The summed E-state index contributed by atoms with van der Waals surface area (Å²) in [6.45, 7) is 0. The number of allylic oxidation sites excluding steroid dienone is 4. The highest BCUT2D eigenvalue weighted by molar-refractivity contribution is 14.1. The predicted molar refractivity (Wildman–Crippen MR) is 57.9 cm³/mol. The van der Waals surface area contributed by atoms with Crippen molar-refractivity contribution in [2.24, 2.45) is 0 Å². The fourth-order valence-electron chi connectivity index (χ4n) is 0.711. The first-order valence-corrected chi connectivity index (χ1v) is 4.97. The molecule has 0 radical (unpaired) electrons. The molecule has 0 bridgehead atoms. The van der Waals surface area contributed by atoms with Gasteiger partial charge < -0.3 is 4.74 Å². The van der Waals surface area contributed by atoms with E-state index in [1.807, 2.05) is 22.6 Å². The van der Waals surface area contributed by atoms with E-state index in [-0.39, 0.29) is 5.97 Å². The standard InChI is InChI=1S/C8H5BrIO2/c1-12-8(11)6-4-5(9)2-3-7(6)10/h2,4H,1H3/q+1. The number of hydrogen-bond donors (Lipinski definition) is 0.